The Morgan fingerprint density at radius 1 is 1.09 bits per heavy atom. The van der Waals surface area contributed by atoms with Crippen molar-refractivity contribution in [3.8, 4) is 17.2 Å². The van der Waals surface area contributed by atoms with Crippen molar-refractivity contribution < 1.29 is 13.7 Å². The standard InChI is InChI=1S/C23H21FN6O4/c1-3-14-4-8-16(9-5-14)25-18(31)12-13-19-26-21(28-34-19)20-22(32)29(2)23(33)30(27-20)17-10-6-15(24)7-11-17/h4-11H,3,12-13H2,1-2H3,(H,25,31). The predicted molar refractivity (Wildman–Crippen MR) is 121 cm³/mol. The third-order valence-corrected chi connectivity index (χ3v) is 5.14. The Morgan fingerprint density at radius 3 is 2.47 bits per heavy atom. The lowest BCUT2D eigenvalue weighted by Crippen LogP contribution is -2.40. The van der Waals surface area contributed by atoms with Crippen molar-refractivity contribution in [3.05, 3.63) is 86.6 Å². The maximum Gasteiger partial charge on any atom is 0.351 e. The van der Waals surface area contributed by atoms with Gasteiger partial charge >= 0.3 is 5.69 Å². The number of aryl methyl sites for hydroxylation is 2. The second kappa shape index (κ2) is 9.61. The molecule has 0 unspecified atom stereocenters. The molecular weight excluding hydrogens is 443 g/mol. The first-order chi connectivity index (χ1) is 16.4. The minimum atomic E-state index is -0.719. The van der Waals surface area contributed by atoms with Crippen LogP contribution in [0.4, 0.5) is 10.1 Å². The molecule has 0 aliphatic heterocycles. The summed E-state index contributed by atoms with van der Waals surface area (Å²) in [5.41, 5.74) is 0.459. The lowest BCUT2D eigenvalue weighted by molar-refractivity contribution is -0.116. The van der Waals surface area contributed by atoms with Crippen LogP contribution in [0.15, 0.2) is 62.6 Å². The lowest BCUT2D eigenvalue weighted by atomic mass is 10.1. The van der Waals surface area contributed by atoms with Gasteiger partial charge in [-0.2, -0.15) is 14.8 Å². The maximum absolute atomic E-state index is 13.3. The number of rotatable bonds is 7. The molecule has 11 heteroatoms. The summed E-state index contributed by atoms with van der Waals surface area (Å²) in [6.07, 6.45) is 1.13. The molecule has 0 radical (unpaired) electrons. The second-order valence-electron chi connectivity index (χ2n) is 7.49. The van der Waals surface area contributed by atoms with Crippen LogP contribution in [0.25, 0.3) is 17.2 Å². The SMILES string of the molecule is CCc1ccc(NC(=O)CCc2nc(-c3nn(-c4ccc(F)cc4)c(=O)n(C)c3=O)no2)cc1. The average molecular weight is 464 g/mol. The maximum atomic E-state index is 13.3. The fraction of sp³-hybridized carbons (Fsp3) is 0.217. The number of hydrogen-bond donors (Lipinski definition) is 1. The van der Waals surface area contributed by atoms with Crippen LogP contribution in [-0.2, 0) is 24.7 Å². The number of nitrogens with zero attached hydrogens (tertiary/aromatic N) is 5. The molecule has 0 aliphatic carbocycles. The van der Waals surface area contributed by atoms with E-state index in [-0.39, 0.29) is 41.8 Å². The van der Waals surface area contributed by atoms with E-state index in [1.807, 2.05) is 24.3 Å². The van der Waals surface area contributed by atoms with Crippen LogP contribution in [-0.4, -0.2) is 30.4 Å². The Labute approximate surface area is 192 Å². The molecular formula is C23H21FN6O4. The number of nitrogens with one attached hydrogen (secondary N) is 1. The van der Waals surface area contributed by atoms with Gasteiger partial charge in [0.1, 0.15) is 5.82 Å². The predicted octanol–water partition coefficient (Wildman–Crippen LogP) is 2.25. The number of carbonyl (C=O) groups excluding carboxylic acids is 1. The van der Waals surface area contributed by atoms with E-state index < -0.39 is 17.1 Å². The first-order valence-corrected chi connectivity index (χ1v) is 10.5. The van der Waals surface area contributed by atoms with Gasteiger partial charge in [-0.05, 0) is 48.4 Å². The number of aromatic nitrogens is 5. The van der Waals surface area contributed by atoms with Crippen molar-refractivity contribution in [2.24, 2.45) is 7.05 Å². The summed E-state index contributed by atoms with van der Waals surface area (Å²) in [7, 11) is 1.29. The molecule has 0 atom stereocenters. The summed E-state index contributed by atoms with van der Waals surface area (Å²) in [6.45, 7) is 2.05. The second-order valence-corrected chi connectivity index (χ2v) is 7.49. The Kier molecular flexibility index (Phi) is 6.44. The molecule has 1 N–H and O–H groups in total. The number of halogens is 1. The van der Waals surface area contributed by atoms with Gasteiger partial charge in [-0.3, -0.25) is 14.2 Å². The molecule has 4 rings (SSSR count). The minimum Gasteiger partial charge on any atom is -0.339 e. The van der Waals surface area contributed by atoms with Gasteiger partial charge in [0.05, 0.1) is 5.69 Å². The van der Waals surface area contributed by atoms with E-state index in [1.165, 1.54) is 36.9 Å². The summed E-state index contributed by atoms with van der Waals surface area (Å²) >= 11 is 0. The number of anilines is 1. The zero-order chi connectivity index (χ0) is 24.2. The van der Waals surface area contributed by atoms with Gasteiger partial charge in [0.25, 0.3) is 5.56 Å². The molecule has 0 fully saturated rings. The molecule has 0 bridgehead atoms. The van der Waals surface area contributed by atoms with Crippen molar-refractivity contribution in [1.82, 2.24) is 24.5 Å². The normalized spacial score (nSPS) is 10.9. The van der Waals surface area contributed by atoms with Crippen molar-refractivity contribution in [3.63, 3.8) is 0 Å². The van der Waals surface area contributed by atoms with Gasteiger partial charge in [-0.25, -0.2) is 9.18 Å². The highest BCUT2D eigenvalue weighted by Crippen LogP contribution is 2.13. The largest absolute Gasteiger partial charge is 0.351 e. The van der Waals surface area contributed by atoms with Crippen LogP contribution in [0.1, 0.15) is 24.8 Å². The summed E-state index contributed by atoms with van der Waals surface area (Å²) in [5, 5.41) is 10.6. The number of benzene rings is 2. The summed E-state index contributed by atoms with van der Waals surface area (Å²) in [5.74, 6) is -0.702. The van der Waals surface area contributed by atoms with Crippen LogP contribution >= 0.6 is 0 Å². The monoisotopic (exact) mass is 464 g/mol. The van der Waals surface area contributed by atoms with Crippen molar-refractivity contribution >= 4 is 11.6 Å². The van der Waals surface area contributed by atoms with Crippen LogP contribution < -0.4 is 16.6 Å². The number of amides is 1. The van der Waals surface area contributed by atoms with Gasteiger partial charge in [0.15, 0.2) is 5.69 Å². The first kappa shape index (κ1) is 22.8. The van der Waals surface area contributed by atoms with Crippen molar-refractivity contribution in [2.75, 3.05) is 5.32 Å². The Hall–Kier alpha value is -4.41. The molecule has 2 heterocycles. The fourth-order valence-corrected chi connectivity index (χ4v) is 3.18. The van der Waals surface area contributed by atoms with Gasteiger partial charge < -0.3 is 9.84 Å². The zero-order valence-electron chi connectivity index (χ0n) is 18.5. The minimum absolute atomic E-state index is 0.0810. The zero-order valence-corrected chi connectivity index (χ0v) is 18.5. The molecule has 4 aromatic rings. The topological polar surface area (TPSA) is 125 Å². The van der Waals surface area contributed by atoms with Crippen LogP contribution in [0.2, 0.25) is 0 Å². The highest BCUT2D eigenvalue weighted by atomic mass is 19.1. The number of hydrogen-bond acceptors (Lipinski definition) is 7. The fourth-order valence-electron chi connectivity index (χ4n) is 3.18. The summed E-state index contributed by atoms with van der Waals surface area (Å²) in [4.78, 5) is 41.5. The smallest absolute Gasteiger partial charge is 0.339 e. The van der Waals surface area contributed by atoms with E-state index >= 15 is 0 Å². The lowest BCUT2D eigenvalue weighted by Gasteiger charge is -2.07. The molecule has 2 aromatic carbocycles. The Balaban J connectivity index is 1.51. The highest BCUT2D eigenvalue weighted by Gasteiger charge is 2.19. The molecule has 174 valence electrons. The van der Waals surface area contributed by atoms with Crippen LogP contribution in [0.5, 0.6) is 0 Å². The molecule has 0 saturated heterocycles. The van der Waals surface area contributed by atoms with E-state index in [9.17, 15) is 18.8 Å². The molecule has 0 spiro atoms. The Morgan fingerprint density at radius 2 is 1.79 bits per heavy atom. The van der Waals surface area contributed by atoms with E-state index in [0.29, 0.717) is 5.69 Å². The van der Waals surface area contributed by atoms with E-state index in [4.69, 9.17) is 4.52 Å². The van der Waals surface area contributed by atoms with Gasteiger partial charge in [-0.15, -0.1) is 0 Å². The average Bonchev–Trinajstić information content (AvgIpc) is 3.31. The van der Waals surface area contributed by atoms with Crippen LogP contribution in [0.3, 0.4) is 0 Å². The number of carbonyl (C=O) groups is 1. The van der Waals surface area contributed by atoms with Crippen molar-refractivity contribution in [1.29, 1.82) is 0 Å². The van der Waals surface area contributed by atoms with E-state index in [0.717, 1.165) is 15.7 Å². The first-order valence-electron chi connectivity index (χ1n) is 10.5. The molecule has 1 amide bonds. The molecule has 34 heavy (non-hydrogen) atoms. The summed E-state index contributed by atoms with van der Waals surface area (Å²) in [6, 6.07) is 12.6. The molecule has 10 nitrogen and oxygen atoms in total. The van der Waals surface area contributed by atoms with Gasteiger partial charge in [-0.1, -0.05) is 24.2 Å². The van der Waals surface area contributed by atoms with E-state index in [1.54, 1.807) is 0 Å². The van der Waals surface area contributed by atoms with Gasteiger partial charge in [0.2, 0.25) is 17.6 Å². The molecule has 0 aliphatic rings. The molecule has 2 aromatic heterocycles. The quantitative estimate of drug-likeness (QED) is 0.445. The Bertz CT molecular complexity index is 1440. The van der Waals surface area contributed by atoms with Crippen molar-refractivity contribution in [2.45, 2.75) is 26.2 Å². The third-order valence-electron chi connectivity index (χ3n) is 5.14. The summed E-state index contributed by atoms with van der Waals surface area (Å²) < 4.78 is 20.2. The highest BCUT2D eigenvalue weighted by molar-refractivity contribution is 5.90. The van der Waals surface area contributed by atoms with E-state index in [2.05, 4.69) is 27.5 Å². The third kappa shape index (κ3) is 4.82. The van der Waals surface area contributed by atoms with Crippen LogP contribution in [0, 0.1) is 5.82 Å². The molecule has 0 saturated carbocycles. The van der Waals surface area contributed by atoms with Gasteiger partial charge in [0, 0.05) is 25.6 Å².